The normalized spacial score (nSPS) is 15.3. The third kappa shape index (κ3) is 3.00. The summed E-state index contributed by atoms with van der Waals surface area (Å²) in [7, 11) is 0. The summed E-state index contributed by atoms with van der Waals surface area (Å²) in [6, 6.07) is 4.07. The predicted molar refractivity (Wildman–Crippen MR) is 57.2 cm³/mol. The van der Waals surface area contributed by atoms with Crippen LogP contribution in [-0.2, 0) is 0 Å². The molecule has 0 aliphatic heterocycles. The molecule has 72 valence electrons. The van der Waals surface area contributed by atoms with Gasteiger partial charge in [0.15, 0.2) is 0 Å². The lowest BCUT2D eigenvalue weighted by molar-refractivity contribution is 0.633. The minimum Gasteiger partial charge on any atom is -0.265 e. The molecule has 0 aliphatic carbocycles. The lowest BCUT2D eigenvalue weighted by atomic mass is 9.96. The molecule has 1 rings (SSSR count). The monoisotopic (exact) mass is 197 g/mol. The van der Waals surface area contributed by atoms with Crippen LogP contribution < -0.4 is 0 Å². The number of halogens is 1. The number of alkyl halides is 1. The van der Waals surface area contributed by atoms with Crippen LogP contribution in [0.1, 0.15) is 38.2 Å². The van der Waals surface area contributed by atoms with E-state index in [0.29, 0.717) is 5.92 Å². The highest BCUT2D eigenvalue weighted by Gasteiger charge is 2.14. The van der Waals surface area contributed by atoms with E-state index in [2.05, 4.69) is 18.8 Å². The van der Waals surface area contributed by atoms with Crippen LogP contribution >= 0.6 is 11.6 Å². The van der Waals surface area contributed by atoms with Crippen LogP contribution in [0.4, 0.5) is 0 Å². The largest absolute Gasteiger partial charge is 0.265 e. The van der Waals surface area contributed by atoms with Crippen molar-refractivity contribution in [2.75, 3.05) is 0 Å². The molecule has 0 saturated heterocycles. The van der Waals surface area contributed by atoms with Crippen LogP contribution in [0, 0.1) is 0 Å². The van der Waals surface area contributed by atoms with Gasteiger partial charge >= 0.3 is 0 Å². The molecule has 1 nitrogen and oxygen atoms in total. The molecular formula is C11H16ClN. The van der Waals surface area contributed by atoms with Gasteiger partial charge in [-0.1, -0.05) is 20.3 Å². The highest BCUT2D eigenvalue weighted by Crippen LogP contribution is 2.25. The third-order valence-corrected chi connectivity index (χ3v) is 2.94. The van der Waals surface area contributed by atoms with E-state index in [1.165, 1.54) is 5.56 Å². The number of nitrogens with zero attached hydrogens (tertiary/aromatic N) is 1. The summed E-state index contributed by atoms with van der Waals surface area (Å²) in [5, 5.41) is 0.243. The summed E-state index contributed by atoms with van der Waals surface area (Å²) in [5.74, 6) is 0.421. The van der Waals surface area contributed by atoms with Gasteiger partial charge in [-0.3, -0.25) is 4.98 Å². The molecule has 0 N–H and O–H groups in total. The predicted octanol–water partition coefficient (Wildman–Crippen LogP) is 3.59. The van der Waals surface area contributed by atoms with Crippen LogP contribution in [-0.4, -0.2) is 10.4 Å². The minimum absolute atomic E-state index is 0.243. The quantitative estimate of drug-likeness (QED) is 0.673. The molecule has 1 heterocycles. The Morgan fingerprint density at radius 2 is 2.00 bits per heavy atom. The van der Waals surface area contributed by atoms with Crippen molar-refractivity contribution < 1.29 is 0 Å². The Kier molecular flexibility index (Phi) is 4.23. The molecule has 13 heavy (non-hydrogen) atoms. The van der Waals surface area contributed by atoms with Crippen LogP contribution in [0.2, 0.25) is 0 Å². The van der Waals surface area contributed by atoms with E-state index in [0.717, 1.165) is 12.8 Å². The van der Waals surface area contributed by atoms with Crippen molar-refractivity contribution in [3.05, 3.63) is 30.1 Å². The van der Waals surface area contributed by atoms with Gasteiger partial charge in [0.1, 0.15) is 0 Å². The fraction of sp³-hybridized carbons (Fsp3) is 0.545. The average molecular weight is 198 g/mol. The molecule has 0 bridgehead atoms. The van der Waals surface area contributed by atoms with E-state index in [1.807, 2.05) is 24.5 Å². The number of hydrogen-bond acceptors (Lipinski definition) is 1. The molecule has 0 aromatic carbocycles. The lowest BCUT2D eigenvalue weighted by Gasteiger charge is -2.17. The van der Waals surface area contributed by atoms with Crippen molar-refractivity contribution in [3.63, 3.8) is 0 Å². The zero-order valence-corrected chi connectivity index (χ0v) is 8.96. The van der Waals surface area contributed by atoms with Crippen molar-refractivity contribution in [1.82, 2.24) is 4.98 Å². The topological polar surface area (TPSA) is 12.9 Å². The summed E-state index contributed by atoms with van der Waals surface area (Å²) >= 11 is 6.25. The Morgan fingerprint density at radius 1 is 1.38 bits per heavy atom. The second-order valence-corrected chi connectivity index (χ2v) is 3.93. The molecule has 0 aliphatic rings. The van der Waals surface area contributed by atoms with Gasteiger partial charge in [0, 0.05) is 17.8 Å². The number of hydrogen-bond donors (Lipinski definition) is 0. The van der Waals surface area contributed by atoms with Crippen molar-refractivity contribution in [2.45, 2.75) is 38.0 Å². The average Bonchev–Trinajstić information content (AvgIpc) is 2.18. The molecule has 2 atom stereocenters. The van der Waals surface area contributed by atoms with Gasteiger partial charge in [-0.25, -0.2) is 0 Å². The van der Waals surface area contributed by atoms with Crippen molar-refractivity contribution >= 4 is 11.6 Å². The van der Waals surface area contributed by atoms with E-state index in [1.54, 1.807) is 0 Å². The van der Waals surface area contributed by atoms with Gasteiger partial charge in [0.2, 0.25) is 0 Å². The van der Waals surface area contributed by atoms with E-state index in [4.69, 9.17) is 11.6 Å². The number of pyridine rings is 1. The zero-order chi connectivity index (χ0) is 9.68. The van der Waals surface area contributed by atoms with Crippen LogP contribution in [0.25, 0.3) is 0 Å². The summed E-state index contributed by atoms with van der Waals surface area (Å²) in [6.45, 7) is 4.33. The first-order chi connectivity index (χ1) is 6.25. The maximum atomic E-state index is 6.25. The molecule has 0 spiro atoms. The third-order valence-electron chi connectivity index (χ3n) is 2.34. The molecule has 0 fully saturated rings. The molecular weight excluding hydrogens is 182 g/mol. The van der Waals surface area contributed by atoms with Gasteiger partial charge in [0.05, 0.1) is 0 Å². The molecule has 1 aromatic heterocycles. The second-order valence-electron chi connectivity index (χ2n) is 3.37. The maximum absolute atomic E-state index is 6.25. The van der Waals surface area contributed by atoms with Gasteiger partial charge in [-0.05, 0) is 30.0 Å². The number of aromatic nitrogens is 1. The molecule has 0 amide bonds. The fourth-order valence-electron chi connectivity index (χ4n) is 1.40. The van der Waals surface area contributed by atoms with Gasteiger partial charge < -0.3 is 0 Å². The minimum atomic E-state index is 0.243. The molecule has 2 unspecified atom stereocenters. The van der Waals surface area contributed by atoms with Crippen LogP contribution in [0.15, 0.2) is 24.5 Å². The summed E-state index contributed by atoms with van der Waals surface area (Å²) in [5.41, 5.74) is 1.28. The highest BCUT2D eigenvalue weighted by molar-refractivity contribution is 6.21. The Morgan fingerprint density at radius 3 is 2.54 bits per heavy atom. The molecule has 0 radical (unpaired) electrons. The van der Waals surface area contributed by atoms with Gasteiger partial charge in [0.25, 0.3) is 0 Å². The van der Waals surface area contributed by atoms with E-state index >= 15 is 0 Å². The van der Waals surface area contributed by atoms with Gasteiger partial charge in [-0.15, -0.1) is 11.6 Å². The SMILES string of the molecule is CCCC(Cl)C(C)c1ccncc1. The fourth-order valence-corrected chi connectivity index (χ4v) is 1.77. The van der Waals surface area contributed by atoms with Crippen molar-refractivity contribution in [3.8, 4) is 0 Å². The number of rotatable bonds is 4. The molecule has 2 heteroatoms. The van der Waals surface area contributed by atoms with E-state index < -0.39 is 0 Å². The Balaban J connectivity index is 2.62. The zero-order valence-electron chi connectivity index (χ0n) is 8.20. The summed E-state index contributed by atoms with van der Waals surface area (Å²) < 4.78 is 0. The molecule has 1 aromatic rings. The summed E-state index contributed by atoms with van der Waals surface area (Å²) in [4.78, 5) is 3.99. The highest BCUT2D eigenvalue weighted by atomic mass is 35.5. The van der Waals surface area contributed by atoms with Crippen molar-refractivity contribution in [1.29, 1.82) is 0 Å². The Hall–Kier alpha value is -0.560. The second kappa shape index (κ2) is 5.23. The first-order valence-corrected chi connectivity index (χ1v) is 5.23. The summed E-state index contributed by atoms with van der Waals surface area (Å²) in [6.07, 6.45) is 5.86. The first-order valence-electron chi connectivity index (χ1n) is 4.79. The van der Waals surface area contributed by atoms with Crippen LogP contribution in [0.3, 0.4) is 0 Å². The van der Waals surface area contributed by atoms with Gasteiger partial charge in [-0.2, -0.15) is 0 Å². The molecule has 0 saturated carbocycles. The lowest BCUT2D eigenvalue weighted by Crippen LogP contribution is -2.09. The van der Waals surface area contributed by atoms with E-state index in [9.17, 15) is 0 Å². The van der Waals surface area contributed by atoms with Crippen molar-refractivity contribution in [2.24, 2.45) is 0 Å². The standard InChI is InChI=1S/C11H16ClN/c1-3-4-11(12)9(2)10-5-7-13-8-6-10/h5-9,11H,3-4H2,1-2H3. The smallest absolute Gasteiger partial charge is 0.0401 e. The maximum Gasteiger partial charge on any atom is 0.0401 e. The van der Waals surface area contributed by atoms with E-state index in [-0.39, 0.29) is 5.38 Å². The first kappa shape index (κ1) is 10.5. The Bertz CT molecular complexity index is 235. The van der Waals surface area contributed by atoms with Crippen LogP contribution in [0.5, 0.6) is 0 Å². The Labute approximate surface area is 85.1 Å².